The zero-order valence-corrected chi connectivity index (χ0v) is 13.6. The van der Waals surface area contributed by atoms with Crippen molar-refractivity contribution in [2.75, 3.05) is 11.4 Å². The number of hydrogen-bond donors (Lipinski definition) is 1. The molecule has 2 unspecified atom stereocenters. The van der Waals surface area contributed by atoms with Crippen LogP contribution < -0.4 is 10.6 Å². The van der Waals surface area contributed by atoms with E-state index in [-0.39, 0.29) is 5.54 Å². The lowest BCUT2D eigenvalue weighted by Gasteiger charge is -2.45. The second-order valence-corrected chi connectivity index (χ2v) is 7.25. The lowest BCUT2D eigenvalue weighted by atomic mass is 9.71. The summed E-state index contributed by atoms with van der Waals surface area (Å²) >= 11 is 6.17. The van der Waals surface area contributed by atoms with Crippen LogP contribution in [0.2, 0.25) is 5.02 Å². The van der Waals surface area contributed by atoms with Crippen molar-refractivity contribution >= 4 is 23.2 Å². The van der Waals surface area contributed by atoms with Crippen LogP contribution in [0.5, 0.6) is 0 Å². The van der Waals surface area contributed by atoms with Gasteiger partial charge in [0.2, 0.25) is 0 Å². The number of nitrogens with zero attached hydrogens (tertiary/aromatic N) is 2. The zero-order valence-electron chi connectivity index (χ0n) is 12.8. The Kier molecular flexibility index (Phi) is 3.87. The van der Waals surface area contributed by atoms with Crippen LogP contribution in [0.1, 0.15) is 39.5 Å². The van der Waals surface area contributed by atoms with Gasteiger partial charge in [0.05, 0.1) is 12.1 Å². The van der Waals surface area contributed by atoms with Gasteiger partial charge in [-0.25, -0.2) is 0 Å². The third kappa shape index (κ3) is 2.64. The molecule has 3 nitrogen and oxygen atoms in total. The molecule has 3 rings (SSSR count). The van der Waals surface area contributed by atoms with Crippen LogP contribution in [0, 0.1) is 11.8 Å². The molecule has 2 N–H and O–H groups in total. The maximum Gasteiger partial charge on any atom is 0.196 e. The van der Waals surface area contributed by atoms with Gasteiger partial charge in [-0.05, 0) is 42.9 Å². The molecule has 1 fully saturated rings. The molecule has 1 aliphatic heterocycles. The molecule has 0 aromatic heterocycles. The van der Waals surface area contributed by atoms with Crippen LogP contribution >= 0.6 is 11.6 Å². The highest BCUT2D eigenvalue weighted by Crippen LogP contribution is 2.44. The van der Waals surface area contributed by atoms with Crippen molar-refractivity contribution in [2.24, 2.45) is 22.6 Å². The third-order valence-corrected chi connectivity index (χ3v) is 5.34. The molecule has 1 aliphatic carbocycles. The fraction of sp³-hybridized carbons (Fsp3) is 0.588. The van der Waals surface area contributed by atoms with E-state index in [1.807, 2.05) is 18.2 Å². The minimum Gasteiger partial charge on any atom is -0.369 e. The minimum atomic E-state index is 0.0575. The number of anilines is 1. The highest BCUT2D eigenvalue weighted by molar-refractivity contribution is 6.31. The molecular weight excluding hydrogens is 282 g/mol. The van der Waals surface area contributed by atoms with Crippen molar-refractivity contribution in [1.82, 2.24) is 0 Å². The lowest BCUT2D eigenvalue weighted by Crippen LogP contribution is -2.54. The number of halogens is 1. The molecule has 0 radical (unpaired) electrons. The van der Waals surface area contributed by atoms with Crippen molar-refractivity contribution in [3.05, 3.63) is 29.3 Å². The summed E-state index contributed by atoms with van der Waals surface area (Å²) in [6.07, 6.45) is 4.90. The zero-order chi connectivity index (χ0) is 15.0. The summed E-state index contributed by atoms with van der Waals surface area (Å²) in [5, 5.41) is 0.749. The van der Waals surface area contributed by atoms with Crippen LogP contribution in [-0.4, -0.2) is 18.0 Å². The number of hydrogen-bond acceptors (Lipinski definition) is 3. The lowest BCUT2D eigenvalue weighted by molar-refractivity contribution is 0.195. The van der Waals surface area contributed by atoms with Gasteiger partial charge in [0.15, 0.2) is 5.96 Å². The van der Waals surface area contributed by atoms with E-state index in [9.17, 15) is 0 Å². The quantitative estimate of drug-likeness (QED) is 0.895. The van der Waals surface area contributed by atoms with Crippen LogP contribution in [0.15, 0.2) is 29.3 Å². The monoisotopic (exact) mass is 305 g/mol. The summed E-state index contributed by atoms with van der Waals surface area (Å²) in [5.41, 5.74) is 7.35. The average molecular weight is 306 g/mol. The predicted octanol–water partition coefficient (Wildman–Crippen LogP) is 4.06. The Bertz CT molecular complexity index is 555. The summed E-state index contributed by atoms with van der Waals surface area (Å²) < 4.78 is 0. The molecule has 1 aromatic carbocycles. The molecule has 2 atom stereocenters. The Morgan fingerprint density at radius 1 is 1.43 bits per heavy atom. The molecule has 2 aliphatic rings. The van der Waals surface area contributed by atoms with Gasteiger partial charge in [-0.15, -0.1) is 0 Å². The van der Waals surface area contributed by atoms with E-state index in [1.54, 1.807) is 0 Å². The molecule has 0 amide bonds. The summed E-state index contributed by atoms with van der Waals surface area (Å²) in [6, 6.07) is 7.97. The Labute approximate surface area is 132 Å². The summed E-state index contributed by atoms with van der Waals surface area (Å²) in [4.78, 5) is 6.82. The van der Waals surface area contributed by atoms with Crippen molar-refractivity contribution in [1.29, 1.82) is 0 Å². The van der Waals surface area contributed by atoms with Crippen molar-refractivity contribution in [2.45, 2.75) is 45.1 Å². The van der Waals surface area contributed by atoms with E-state index < -0.39 is 0 Å². The number of nitrogens with two attached hydrogens (primary N) is 1. The van der Waals surface area contributed by atoms with Gasteiger partial charge in [-0.1, -0.05) is 44.4 Å². The first-order valence-corrected chi connectivity index (χ1v) is 8.25. The van der Waals surface area contributed by atoms with Crippen LogP contribution in [0.4, 0.5) is 5.69 Å². The van der Waals surface area contributed by atoms with E-state index in [2.05, 4.69) is 29.8 Å². The molecule has 0 bridgehead atoms. The number of aliphatic imine (C=N–C) groups is 1. The van der Waals surface area contributed by atoms with Gasteiger partial charge in [-0.3, -0.25) is 4.99 Å². The van der Waals surface area contributed by atoms with E-state index in [4.69, 9.17) is 17.3 Å². The smallest absolute Gasteiger partial charge is 0.196 e. The summed E-state index contributed by atoms with van der Waals surface area (Å²) in [5.74, 6) is 2.11. The van der Waals surface area contributed by atoms with Crippen molar-refractivity contribution < 1.29 is 0 Å². The molecule has 1 spiro atoms. The Morgan fingerprint density at radius 2 is 2.24 bits per heavy atom. The molecule has 1 aromatic rings. The second kappa shape index (κ2) is 5.53. The van der Waals surface area contributed by atoms with E-state index in [0.29, 0.717) is 11.9 Å². The number of rotatable bonds is 2. The molecule has 4 heteroatoms. The molecule has 1 saturated carbocycles. The first-order valence-electron chi connectivity index (χ1n) is 7.87. The summed E-state index contributed by atoms with van der Waals surface area (Å²) in [7, 11) is 0. The first kappa shape index (κ1) is 14.7. The maximum atomic E-state index is 6.22. The Balaban J connectivity index is 1.94. The molecule has 21 heavy (non-hydrogen) atoms. The fourth-order valence-electron chi connectivity index (χ4n) is 3.94. The molecule has 114 valence electrons. The molecular formula is C17H24ClN3. The molecule has 1 heterocycles. The van der Waals surface area contributed by atoms with E-state index in [0.717, 1.165) is 29.6 Å². The van der Waals surface area contributed by atoms with Gasteiger partial charge < -0.3 is 10.6 Å². The van der Waals surface area contributed by atoms with Crippen molar-refractivity contribution in [3.8, 4) is 0 Å². The third-order valence-electron chi connectivity index (χ3n) is 5.11. The maximum absolute atomic E-state index is 6.22. The minimum absolute atomic E-state index is 0.0575. The van der Waals surface area contributed by atoms with Crippen molar-refractivity contribution in [3.63, 3.8) is 0 Å². The van der Waals surface area contributed by atoms with Gasteiger partial charge in [0, 0.05) is 10.7 Å². The second-order valence-electron chi connectivity index (χ2n) is 6.81. The number of guanidine groups is 1. The topological polar surface area (TPSA) is 41.6 Å². The van der Waals surface area contributed by atoms with Crippen LogP contribution in [0.3, 0.4) is 0 Å². The van der Waals surface area contributed by atoms with Gasteiger partial charge in [-0.2, -0.15) is 0 Å². The highest BCUT2D eigenvalue weighted by Gasteiger charge is 2.46. The standard InChI is InChI=1S/C17H24ClN3/c1-12(2)13-5-4-8-17(10-13)11-20-16(19)21(17)15-7-3-6-14(18)9-15/h3,6-7,9,12-13H,4-5,8,10-11H2,1-2H3,(H2,19,20). The normalized spacial score (nSPS) is 29.2. The fourth-order valence-corrected chi connectivity index (χ4v) is 4.12. The van der Waals surface area contributed by atoms with Gasteiger partial charge in [0.1, 0.15) is 0 Å². The SMILES string of the molecule is CC(C)C1CCCC2(CN=C(N)N2c2cccc(Cl)c2)C1. The Hall–Kier alpha value is -1.22. The molecule has 0 saturated heterocycles. The van der Waals surface area contributed by atoms with Gasteiger partial charge >= 0.3 is 0 Å². The van der Waals surface area contributed by atoms with Gasteiger partial charge in [0.25, 0.3) is 0 Å². The highest BCUT2D eigenvalue weighted by atomic mass is 35.5. The van der Waals surface area contributed by atoms with E-state index in [1.165, 1.54) is 19.3 Å². The number of benzene rings is 1. The average Bonchev–Trinajstić information content (AvgIpc) is 2.75. The Morgan fingerprint density at radius 3 is 2.95 bits per heavy atom. The van der Waals surface area contributed by atoms with Crippen LogP contribution in [-0.2, 0) is 0 Å². The predicted molar refractivity (Wildman–Crippen MR) is 89.9 cm³/mol. The van der Waals surface area contributed by atoms with Crippen LogP contribution in [0.25, 0.3) is 0 Å². The van der Waals surface area contributed by atoms with E-state index >= 15 is 0 Å². The first-order chi connectivity index (χ1) is 10.0. The largest absolute Gasteiger partial charge is 0.369 e. The summed E-state index contributed by atoms with van der Waals surface area (Å²) in [6.45, 7) is 5.47.